The van der Waals surface area contributed by atoms with Crippen molar-refractivity contribution in [1.29, 1.82) is 0 Å². The summed E-state index contributed by atoms with van der Waals surface area (Å²) < 4.78 is 53.3. The van der Waals surface area contributed by atoms with Crippen molar-refractivity contribution in [2.75, 3.05) is 0 Å². The molecule has 1 aromatic carbocycles. The van der Waals surface area contributed by atoms with E-state index in [4.69, 9.17) is 5.11 Å². The molecule has 9 heteroatoms. The van der Waals surface area contributed by atoms with Gasteiger partial charge < -0.3 is 5.11 Å². The molecule has 0 radical (unpaired) electrons. The lowest BCUT2D eigenvalue weighted by Crippen LogP contribution is -2.25. The van der Waals surface area contributed by atoms with E-state index in [1.54, 1.807) is 6.92 Å². The molecule has 114 valence electrons. The molecule has 2 aromatic rings. The van der Waals surface area contributed by atoms with Crippen LogP contribution in [0.5, 0.6) is 0 Å². The summed E-state index contributed by atoms with van der Waals surface area (Å²) in [5.74, 6) is -2.81. The molecule has 6 nitrogen and oxygen atoms in total. The Bertz CT molecular complexity index is 759. The number of sulfonamides is 1. The van der Waals surface area contributed by atoms with Crippen molar-refractivity contribution >= 4 is 10.0 Å². The first-order valence-electron chi connectivity index (χ1n) is 5.92. The second-order valence-corrected chi connectivity index (χ2v) is 6.13. The van der Waals surface area contributed by atoms with E-state index in [9.17, 15) is 17.2 Å². The zero-order valence-corrected chi connectivity index (χ0v) is 11.8. The van der Waals surface area contributed by atoms with Crippen LogP contribution in [-0.4, -0.2) is 23.7 Å². The predicted octanol–water partition coefficient (Wildman–Crippen LogP) is 0.967. The summed E-state index contributed by atoms with van der Waals surface area (Å²) in [6.45, 7) is 0.985. The van der Waals surface area contributed by atoms with Gasteiger partial charge in [-0.2, -0.15) is 5.10 Å². The van der Waals surface area contributed by atoms with E-state index >= 15 is 0 Å². The number of rotatable bonds is 5. The first-order valence-corrected chi connectivity index (χ1v) is 7.40. The van der Waals surface area contributed by atoms with Gasteiger partial charge in [0.05, 0.1) is 12.8 Å². The highest BCUT2D eigenvalue weighted by Gasteiger charge is 2.23. The number of nitrogens with zero attached hydrogens (tertiary/aromatic N) is 1. The van der Waals surface area contributed by atoms with Crippen molar-refractivity contribution in [2.24, 2.45) is 0 Å². The molecule has 1 aromatic heterocycles. The Morgan fingerprint density at radius 3 is 2.67 bits per heavy atom. The molecule has 2 rings (SSSR count). The molecule has 0 aliphatic rings. The number of hydrogen-bond donors (Lipinski definition) is 3. The fourth-order valence-corrected chi connectivity index (χ4v) is 2.85. The first-order chi connectivity index (χ1) is 9.85. The number of H-pyrrole nitrogens is 1. The summed E-state index contributed by atoms with van der Waals surface area (Å²) in [5, 5.41) is 15.3. The summed E-state index contributed by atoms with van der Waals surface area (Å²) in [6, 6.07) is 1.64. The first kappa shape index (κ1) is 15.5. The van der Waals surface area contributed by atoms with Crippen LogP contribution in [0.3, 0.4) is 0 Å². The van der Waals surface area contributed by atoms with Gasteiger partial charge in [0.15, 0.2) is 11.6 Å². The average Bonchev–Trinajstić information content (AvgIpc) is 2.84. The molecule has 0 spiro atoms. The molecular weight excluding hydrogens is 304 g/mol. The predicted molar refractivity (Wildman–Crippen MR) is 69.6 cm³/mol. The van der Waals surface area contributed by atoms with E-state index in [1.807, 2.05) is 0 Å². The Labute approximate surface area is 119 Å². The normalized spacial score (nSPS) is 11.8. The van der Waals surface area contributed by atoms with E-state index in [0.29, 0.717) is 11.3 Å². The molecule has 0 saturated heterocycles. The van der Waals surface area contributed by atoms with Gasteiger partial charge in [0.25, 0.3) is 0 Å². The molecule has 3 N–H and O–H groups in total. The molecule has 0 aliphatic heterocycles. The van der Waals surface area contributed by atoms with Gasteiger partial charge in [-0.15, -0.1) is 0 Å². The van der Waals surface area contributed by atoms with E-state index < -0.39 is 33.2 Å². The van der Waals surface area contributed by atoms with Gasteiger partial charge in [-0.1, -0.05) is 0 Å². The number of aliphatic hydroxyl groups excluding tert-OH is 1. The Morgan fingerprint density at radius 1 is 1.38 bits per heavy atom. The number of benzene rings is 1. The van der Waals surface area contributed by atoms with Crippen molar-refractivity contribution in [2.45, 2.75) is 25.0 Å². The van der Waals surface area contributed by atoms with Crippen LogP contribution in [0.4, 0.5) is 8.78 Å². The zero-order valence-electron chi connectivity index (χ0n) is 11.0. The van der Waals surface area contributed by atoms with Crippen molar-refractivity contribution < 1.29 is 22.3 Å². The summed E-state index contributed by atoms with van der Waals surface area (Å²) in [6.07, 6.45) is 1.43. The largest absolute Gasteiger partial charge is 0.392 e. The van der Waals surface area contributed by atoms with Crippen LogP contribution in [0.25, 0.3) is 0 Å². The molecule has 0 bridgehead atoms. The summed E-state index contributed by atoms with van der Waals surface area (Å²) in [4.78, 5) is -0.840. The maximum atomic E-state index is 13.7. The van der Waals surface area contributed by atoms with E-state index in [0.717, 1.165) is 12.1 Å². The summed E-state index contributed by atoms with van der Waals surface area (Å²) in [5.41, 5.74) is 1.21. The highest BCUT2D eigenvalue weighted by molar-refractivity contribution is 7.89. The van der Waals surface area contributed by atoms with Crippen molar-refractivity contribution in [1.82, 2.24) is 14.9 Å². The molecule has 0 saturated carbocycles. The Kier molecular flexibility index (Phi) is 4.35. The number of nitrogens with one attached hydrogen (secondary N) is 2. The minimum atomic E-state index is -4.26. The van der Waals surface area contributed by atoms with Crippen molar-refractivity contribution in [3.05, 3.63) is 46.8 Å². The monoisotopic (exact) mass is 317 g/mol. The number of aromatic amines is 1. The van der Waals surface area contributed by atoms with Crippen LogP contribution in [0.1, 0.15) is 16.8 Å². The van der Waals surface area contributed by atoms with E-state index in [-0.39, 0.29) is 12.1 Å². The van der Waals surface area contributed by atoms with Gasteiger partial charge in [0.2, 0.25) is 10.0 Å². The molecule has 0 fully saturated rings. The van der Waals surface area contributed by atoms with Crippen LogP contribution in [0.15, 0.2) is 23.2 Å². The van der Waals surface area contributed by atoms with Crippen LogP contribution in [0.2, 0.25) is 0 Å². The quantitative estimate of drug-likeness (QED) is 0.766. The fourth-order valence-electron chi connectivity index (χ4n) is 1.71. The average molecular weight is 317 g/mol. The number of aromatic nitrogens is 2. The van der Waals surface area contributed by atoms with Gasteiger partial charge >= 0.3 is 0 Å². The van der Waals surface area contributed by atoms with Crippen LogP contribution in [-0.2, 0) is 23.2 Å². The highest BCUT2D eigenvalue weighted by Crippen LogP contribution is 2.20. The number of aryl methyl sites for hydroxylation is 1. The second kappa shape index (κ2) is 5.88. The summed E-state index contributed by atoms with van der Waals surface area (Å²) in [7, 11) is -4.26. The molecule has 0 unspecified atom stereocenters. The standard InChI is InChI=1S/C12H13F2N3O3S/c1-7-9(4-15-17-7)5-16-21(19,20)11-3-8(6-18)2-10(13)12(11)14/h2-4,16,18H,5-6H2,1H3,(H,15,17). The highest BCUT2D eigenvalue weighted by atomic mass is 32.2. The van der Waals surface area contributed by atoms with Gasteiger partial charge in [0.1, 0.15) is 4.90 Å². The van der Waals surface area contributed by atoms with E-state index in [1.165, 1.54) is 6.20 Å². The third-order valence-corrected chi connectivity index (χ3v) is 4.31. The maximum absolute atomic E-state index is 13.7. The minimum Gasteiger partial charge on any atom is -0.392 e. The lowest BCUT2D eigenvalue weighted by Gasteiger charge is -2.09. The van der Waals surface area contributed by atoms with Crippen LogP contribution >= 0.6 is 0 Å². The Balaban J connectivity index is 2.31. The lowest BCUT2D eigenvalue weighted by atomic mass is 10.2. The van der Waals surface area contributed by atoms with Crippen LogP contribution in [0, 0.1) is 18.6 Å². The number of halogens is 2. The maximum Gasteiger partial charge on any atom is 0.243 e. The summed E-state index contributed by atoms with van der Waals surface area (Å²) >= 11 is 0. The minimum absolute atomic E-state index is 0.0335. The molecule has 0 amide bonds. The smallest absolute Gasteiger partial charge is 0.243 e. The van der Waals surface area contributed by atoms with Gasteiger partial charge in [-0.05, 0) is 24.6 Å². The topological polar surface area (TPSA) is 95.1 Å². The third-order valence-electron chi connectivity index (χ3n) is 2.91. The molecule has 21 heavy (non-hydrogen) atoms. The third kappa shape index (κ3) is 3.26. The van der Waals surface area contributed by atoms with Crippen molar-refractivity contribution in [3.63, 3.8) is 0 Å². The lowest BCUT2D eigenvalue weighted by molar-refractivity contribution is 0.280. The number of hydrogen-bond acceptors (Lipinski definition) is 4. The van der Waals surface area contributed by atoms with Crippen molar-refractivity contribution in [3.8, 4) is 0 Å². The SMILES string of the molecule is Cc1[nH]ncc1CNS(=O)(=O)c1cc(CO)cc(F)c1F. The molecular formula is C12H13F2N3O3S. The Hall–Kier alpha value is -1.84. The zero-order chi connectivity index (χ0) is 15.6. The van der Waals surface area contributed by atoms with E-state index in [2.05, 4.69) is 14.9 Å². The number of aliphatic hydroxyl groups is 1. The fraction of sp³-hybridized carbons (Fsp3) is 0.250. The van der Waals surface area contributed by atoms with Gasteiger partial charge in [-0.25, -0.2) is 21.9 Å². The molecule has 0 aliphatic carbocycles. The molecule has 1 heterocycles. The molecule has 0 atom stereocenters. The second-order valence-electron chi connectivity index (χ2n) is 4.39. The Morgan fingerprint density at radius 2 is 2.10 bits per heavy atom. The van der Waals surface area contributed by atoms with Gasteiger partial charge in [0, 0.05) is 17.8 Å². The van der Waals surface area contributed by atoms with Crippen LogP contribution < -0.4 is 4.72 Å². The van der Waals surface area contributed by atoms with Gasteiger partial charge in [-0.3, -0.25) is 5.10 Å².